The van der Waals surface area contributed by atoms with Gasteiger partial charge in [0.15, 0.2) is 11.0 Å². The van der Waals surface area contributed by atoms with E-state index in [9.17, 15) is 14.9 Å². The molecule has 0 bridgehead atoms. The summed E-state index contributed by atoms with van der Waals surface area (Å²) in [4.78, 5) is 22.4. The first-order chi connectivity index (χ1) is 14.5. The zero-order valence-corrected chi connectivity index (χ0v) is 17.6. The molecule has 0 saturated heterocycles. The minimum Gasteiger partial charge on any atom is -0.377 e. The van der Waals surface area contributed by atoms with Crippen LogP contribution in [-0.4, -0.2) is 31.3 Å². The summed E-state index contributed by atoms with van der Waals surface area (Å²) in [5.41, 5.74) is 1.27. The van der Waals surface area contributed by atoms with Crippen molar-refractivity contribution >= 4 is 46.3 Å². The van der Waals surface area contributed by atoms with Crippen molar-refractivity contribution in [1.82, 2.24) is 14.8 Å². The van der Waals surface area contributed by atoms with Gasteiger partial charge in [-0.25, -0.2) is 0 Å². The molecule has 0 aliphatic carbocycles. The number of para-hydroxylation sites is 1. The number of halogens is 1. The first-order valence-electron chi connectivity index (χ1n) is 9.05. The molecule has 3 rings (SSSR count). The van der Waals surface area contributed by atoms with Crippen LogP contribution >= 0.6 is 23.4 Å². The Bertz CT molecular complexity index is 1040. The van der Waals surface area contributed by atoms with Crippen LogP contribution in [0.3, 0.4) is 0 Å². The van der Waals surface area contributed by atoms with E-state index in [1.807, 2.05) is 29.7 Å². The van der Waals surface area contributed by atoms with Gasteiger partial charge in [0.1, 0.15) is 0 Å². The lowest BCUT2D eigenvalue weighted by atomic mass is 10.3. The highest BCUT2D eigenvalue weighted by atomic mass is 35.5. The van der Waals surface area contributed by atoms with E-state index in [2.05, 4.69) is 20.8 Å². The number of thioether (sulfide) groups is 1. The average Bonchev–Trinajstić information content (AvgIpc) is 3.14. The predicted molar refractivity (Wildman–Crippen MR) is 117 cm³/mol. The summed E-state index contributed by atoms with van der Waals surface area (Å²) in [6, 6.07) is 13.1. The largest absolute Gasteiger partial charge is 0.377 e. The second-order valence-corrected chi connectivity index (χ2v) is 7.47. The van der Waals surface area contributed by atoms with E-state index in [0.717, 1.165) is 11.5 Å². The summed E-state index contributed by atoms with van der Waals surface area (Å²) in [6.07, 6.45) is 0. The van der Waals surface area contributed by atoms with Crippen molar-refractivity contribution in [1.29, 1.82) is 0 Å². The van der Waals surface area contributed by atoms with Gasteiger partial charge < -0.3 is 15.2 Å². The zero-order valence-electron chi connectivity index (χ0n) is 16.0. The molecule has 0 fully saturated rings. The molecule has 1 heterocycles. The van der Waals surface area contributed by atoms with E-state index in [0.29, 0.717) is 29.0 Å². The second-order valence-electron chi connectivity index (χ2n) is 6.12. The van der Waals surface area contributed by atoms with Crippen LogP contribution in [0.5, 0.6) is 0 Å². The van der Waals surface area contributed by atoms with Crippen molar-refractivity contribution in [3.05, 3.63) is 69.5 Å². The highest BCUT2D eigenvalue weighted by Crippen LogP contribution is 2.22. The molecule has 0 radical (unpaired) electrons. The molecule has 0 unspecified atom stereocenters. The standard InChI is InChI=1S/C19H19ClN6O3S/c1-2-25-17(11-21-16-6-4-3-5-15(16)20)23-24-19(25)30-12-18(27)22-13-7-9-14(10-8-13)26(28)29/h3-10,21H,2,11-12H2,1H3,(H,22,27). The summed E-state index contributed by atoms with van der Waals surface area (Å²) in [5.74, 6) is 0.624. The summed E-state index contributed by atoms with van der Waals surface area (Å²) in [6.45, 7) is 3.07. The number of non-ortho nitro benzene ring substituents is 1. The van der Waals surface area contributed by atoms with Crippen molar-refractivity contribution in [2.75, 3.05) is 16.4 Å². The van der Waals surface area contributed by atoms with Crippen LogP contribution in [0.2, 0.25) is 5.02 Å². The zero-order chi connectivity index (χ0) is 21.5. The van der Waals surface area contributed by atoms with E-state index in [1.54, 1.807) is 6.07 Å². The summed E-state index contributed by atoms with van der Waals surface area (Å²) >= 11 is 7.43. The van der Waals surface area contributed by atoms with Gasteiger partial charge in [-0.15, -0.1) is 10.2 Å². The first kappa shape index (κ1) is 21.6. The Morgan fingerprint density at radius 1 is 1.20 bits per heavy atom. The van der Waals surface area contributed by atoms with Gasteiger partial charge in [-0.2, -0.15) is 0 Å². The van der Waals surface area contributed by atoms with Crippen LogP contribution < -0.4 is 10.6 Å². The van der Waals surface area contributed by atoms with Crippen LogP contribution in [0.15, 0.2) is 53.7 Å². The Kier molecular flexibility index (Phi) is 7.26. The fourth-order valence-electron chi connectivity index (χ4n) is 2.65. The predicted octanol–water partition coefficient (Wildman–Crippen LogP) is 4.20. The molecule has 0 aliphatic heterocycles. The maximum Gasteiger partial charge on any atom is 0.269 e. The van der Waals surface area contributed by atoms with Crippen LogP contribution in [0, 0.1) is 10.1 Å². The summed E-state index contributed by atoms with van der Waals surface area (Å²) < 4.78 is 1.92. The molecule has 2 N–H and O–H groups in total. The normalized spacial score (nSPS) is 10.6. The van der Waals surface area contributed by atoms with E-state index in [4.69, 9.17) is 11.6 Å². The number of aromatic nitrogens is 3. The van der Waals surface area contributed by atoms with Crippen LogP contribution in [0.4, 0.5) is 17.1 Å². The molecule has 1 aromatic heterocycles. The number of benzene rings is 2. The number of nitrogens with zero attached hydrogens (tertiary/aromatic N) is 4. The fourth-order valence-corrected chi connectivity index (χ4v) is 3.67. The Morgan fingerprint density at radius 2 is 1.93 bits per heavy atom. The van der Waals surface area contributed by atoms with Crippen molar-refractivity contribution in [3.63, 3.8) is 0 Å². The van der Waals surface area contributed by atoms with Gasteiger partial charge in [0, 0.05) is 24.4 Å². The van der Waals surface area contributed by atoms with Crippen molar-refractivity contribution < 1.29 is 9.72 Å². The molecule has 0 aliphatic rings. The molecule has 3 aromatic rings. The number of anilines is 2. The average molecular weight is 447 g/mol. The molecule has 1 amide bonds. The van der Waals surface area contributed by atoms with Crippen LogP contribution in [0.25, 0.3) is 0 Å². The van der Waals surface area contributed by atoms with Crippen LogP contribution in [0.1, 0.15) is 12.7 Å². The third-order valence-corrected chi connectivity index (χ3v) is 5.41. The maximum absolute atomic E-state index is 12.2. The minimum atomic E-state index is -0.489. The Hall–Kier alpha value is -3.11. The summed E-state index contributed by atoms with van der Waals surface area (Å²) in [5, 5.41) is 26.3. The number of rotatable bonds is 9. The molecule has 0 saturated carbocycles. The fraction of sp³-hybridized carbons (Fsp3) is 0.211. The molecule has 0 atom stereocenters. The smallest absolute Gasteiger partial charge is 0.269 e. The van der Waals surface area contributed by atoms with Crippen LogP contribution in [-0.2, 0) is 17.9 Å². The second kappa shape index (κ2) is 10.1. The molecule has 156 valence electrons. The number of nitro groups is 1. The molecule has 30 heavy (non-hydrogen) atoms. The number of carbonyl (C=O) groups is 1. The number of amides is 1. The molecule has 11 heteroatoms. The van der Waals surface area contributed by atoms with Crippen molar-refractivity contribution in [3.8, 4) is 0 Å². The van der Waals surface area contributed by atoms with E-state index >= 15 is 0 Å². The minimum absolute atomic E-state index is 0.0312. The highest BCUT2D eigenvalue weighted by molar-refractivity contribution is 7.99. The molecular weight excluding hydrogens is 428 g/mol. The SMILES string of the molecule is CCn1c(CNc2ccccc2Cl)nnc1SCC(=O)Nc1ccc([N+](=O)[O-])cc1. The van der Waals surface area contributed by atoms with Gasteiger partial charge in [0.2, 0.25) is 5.91 Å². The van der Waals surface area contributed by atoms with E-state index in [-0.39, 0.29) is 17.3 Å². The Balaban J connectivity index is 1.56. The number of nitro benzene ring substituents is 1. The summed E-state index contributed by atoms with van der Waals surface area (Å²) in [7, 11) is 0. The molecule has 2 aromatic carbocycles. The number of carbonyl (C=O) groups excluding carboxylic acids is 1. The maximum atomic E-state index is 12.2. The van der Waals surface area contributed by atoms with Gasteiger partial charge >= 0.3 is 0 Å². The van der Waals surface area contributed by atoms with Gasteiger partial charge in [-0.05, 0) is 31.2 Å². The quantitative estimate of drug-likeness (QED) is 0.287. The van der Waals surface area contributed by atoms with Gasteiger partial charge in [-0.3, -0.25) is 14.9 Å². The van der Waals surface area contributed by atoms with Gasteiger partial charge in [0.25, 0.3) is 5.69 Å². The molecule has 0 spiro atoms. The Labute approximate surface area is 182 Å². The number of hydrogen-bond acceptors (Lipinski definition) is 7. The van der Waals surface area contributed by atoms with E-state index in [1.165, 1.54) is 36.0 Å². The van der Waals surface area contributed by atoms with Gasteiger partial charge in [0.05, 0.1) is 27.9 Å². The number of nitrogens with one attached hydrogen (secondary N) is 2. The molecule has 9 nitrogen and oxygen atoms in total. The lowest BCUT2D eigenvalue weighted by molar-refractivity contribution is -0.384. The van der Waals surface area contributed by atoms with E-state index < -0.39 is 4.92 Å². The first-order valence-corrected chi connectivity index (χ1v) is 10.4. The van der Waals surface area contributed by atoms with Crippen molar-refractivity contribution in [2.45, 2.75) is 25.2 Å². The lowest BCUT2D eigenvalue weighted by Gasteiger charge is -2.10. The highest BCUT2D eigenvalue weighted by Gasteiger charge is 2.14. The third kappa shape index (κ3) is 5.49. The van der Waals surface area contributed by atoms with Crippen molar-refractivity contribution in [2.24, 2.45) is 0 Å². The Morgan fingerprint density at radius 3 is 2.60 bits per heavy atom. The lowest BCUT2D eigenvalue weighted by Crippen LogP contribution is -2.15. The molecular formula is C19H19ClN6O3S. The third-order valence-electron chi connectivity index (χ3n) is 4.11. The topological polar surface area (TPSA) is 115 Å². The number of hydrogen-bond donors (Lipinski definition) is 2. The monoisotopic (exact) mass is 446 g/mol. The van der Waals surface area contributed by atoms with Gasteiger partial charge in [-0.1, -0.05) is 35.5 Å².